The van der Waals surface area contributed by atoms with Gasteiger partial charge < -0.3 is 5.32 Å². The summed E-state index contributed by atoms with van der Waals surface area (Å²) in [5.41, 5.74) is 3.52. The zero-order chi connectivity index (χ0) is 16.9. The third-order valence-electron chi connectivity index (χ3n) is 3.62. The van der Waals surface area contributed by atoms with Gasteiger partial charge in [0.05, 0.1) is 16.2 Å². The van der Waals surface area contributed by atoms with E-state index in [0.717, 1.165) is 16.8 Å². The molecule has 0 aromatic heterocycles. The number of anilines is 2. The van der Waals surface area contributed by atoms with Crippen molar-refractivity contribution in [2.75, 3.05) is 5.32 Å². The number of hydrogen-bond donors (Lipinski definition) is 1. The summed E-state index contributed by atoms with van der Waals surface area (Å²) in [5, 5.41) is 23.3. The maximum atomic E-state index is 10.9. The van der Waals surface area contributed by atoms with E-state index in [2.05, 4.69) is 5.32 Å². The first-order valence-electron chi connectivity index (χ1n) is 7.29. The van der Waals surface area contributed by atoms with Crippen molar-refractivity contribution in [3.8, 4) is 17.2 Å². The maximum Gasteiger partial charge on any atom is 0.270 e. The van der Waals surface area contributed by atoms with Gasteiger partial charge in [0.2, 0.25) is 0 Å². The van der Waals surface area contributed by atoms with E-state index in [1.807, 2.05) is 60.7 Å². The SMILES string of the molecule is N#Cc1cc([N+](=O)[O-])ccc1Nc1ccccc1-c1ccccc1. The van der Waals surface area contributed by atoms with E-state index in [9.17, 15) is 15.4 Å². The second-order valence-electron chi connectivity index (χ2n) is 5.14. The van der Waals surface area contributed by atoms with Gasteiger partial charge >= 0.3 is 0 Å². The van der Waals surface area contributed by atoms with E-state index in [-0.39, 0.29) is 11.3 Å². The summed E-state index contributed by atoms with van der Waals surface area (Å²) in [5.74, 6) is 0. The number of non-ortho nitro benzene ring substituents is 1. The molecule has 0 radical (unpaired) electrons. The van der Waals surface area contributed by atoms with E-state index in [1.54, 1.807) is 6.07 Å². The number of benzene rings is 3. The standard InChI is InChI=1S/C19H13N3O2/c20-13-15-12-16(22(23)24)10-11-18(15)21-19-9-5-4-8-17(19)14-6-2-1-3-7-14/h1-12,21H. The third kappa shape index (κ3) is 3.08. The smallest absolute Gasteiger partial charge is 0.270 e. The molecular weight excluding hydrogens is 302 g/mol. The first kappa shape index (κ1) is 15.3. The summed E-state index contributed by atoms with van der Waals surface area (Å²) < 4.78 is 0. The Morgan fingerprint density at radius 3 is 2.33 bits per heavy atom. The second-order valence-corrected chi connectivity index (χ2v) is 5.14. The van der Waals surface area contributed by atoms with E-state index in [1.165, 1.54) is 12.1 Å². The molecule has 0 spiro atoms. The van der Waals surface area contributed by atoms with E-state index in [0.29, 0.717) is 5.69 Å². The minimum atomic E-state index is -0.511. The Balaban J connectivity index is 2.01. The van der Waals surface area contributed by atoms with E-state index in [4.69, 9.17) is 0 Å². The van der Waals surface area contributed by atoms with Gasteiger partial charge in [-0.2, -0.15) is 5.26 Å². The molecule has 0 atom stereocenters. The Kier molecular flexibility index (Phi) is 4.21. The molecular formula is C19H13N3O2. The van der Waals surface area contributed by atoms with Crippen LogP contribution in [0.25, 0.3) is 11.1 Å². The molecule has 0 aliphatic heterocycles. The van der Waals surface area contributed by atoms with Crippen LogP contribution in [0.2, 0.25) is 0 Å². The van der Waals surface area contributed by atoms with Crippen LogP contribution < -0.4 is 5.32 Å². The first-order chi connectivity index (χ1) is 11.7. The van der Waals surface area contributed by atoms with Crippen LogP contribution in [0.15, 0.2) is 72.8 Å². The molecule has 24 heavy (non-hydrogen) atoms. The van der Waals surface area contributed by atoms with Crippen molar-refractivity contribution in [1.29, 1.82) is 5.26 Å². The summed E-state index contributed by atoms with van der Waals surface area (Å²) in [4.78, 5) is 10.3. The molecule has 0 unspecified atom stereocenters. The van der Waals surface area contributed by atoms with Crippen molar-refractivity contribution >= 4 is 17.1 Å². The minimum absolute atomic E-state index is 0.103. The highest BCUT2D eigenvalue weighted by molar-refractivity contribution is 5.82. The average Bonchev–Trinajstić information content (AvgIpc) is 2.63. The zero-order valence-corrected chi connectivity index (χ0v) is 12.6. The lowest BCUT2D eigenvalue weighted by atomic mass is 10.0. The van der Waals surface area contributed by atoms with E-state index < -0.39 is 4.92 Å². The molecule has 1 N–H and O–H groups in total. The van der Waals surface area contributed by atoms with Gasteiger partial charge in [0.15, 0.2) is 0 Å². The van der Waals surface area contributed by atoms with Crippen LogP contribution in [0.1, 0.15) is 5.56 Å². The molecule has 3 aromatic carbocycles. The topological polar surface area (TPSA) is 79.0 Å². The molecule has 3 aromatic rings. The van der Waals surface area contributed by atoms with Crippen molar-refractivity contribution in [3.63, 3.8) is 0 Å². The minimum Gasteiger partial charge on any atom is -0.354 e. The van der Waals surface area contributed by atoms with Crippen molar-refractivity contribution < 1.29 is 4.92 Å². The maximum absolute atomic E-state index is 10.9. The molecule has 0 saturated heterocycles. The highest BCUT2D eigenvalue weighted by atomic mass is 16.6. The van der Waals surface area contributed by atoms with Gasteiger partial charge in [-0.25, -0.2) is 0 Å². The quantitative estimate of drug-likeness (QED) is 0.550. The predicted molar refractivity (Wildman–Crippen MR) is 93.0 cm³/mol. The van der Waals surface area contributed by atoms with Gasteiger partial charge in [0.25, 0.3) is 5.69 Å². The molecule has 116 valence electrons. The zero-order valence-electron chi connectivity index (χ0n) is 12.6. The molecule has 0 amide bonds. The van der Waals surface area contributed by atoms with Crippen molar-refractivity contribution in [3.05, 3.63) is 88.5 Å². The van der Waals surface area contributed by atoms with Crippen molar-refractivity contribution in [2.24, 2.45) is 0 Å². The Morgan fingerprint density at radius 1 is 0.917 bits per heavy atom. The van der Waals surface area contributed by atoms with Gasteiger partial charge in [0, 0.05) is 23.4 Å². The molecule has 5 heteroatoms. The summed E-state index contributed by atoms with van der Waals surface area (Å²) in [7, 11) is 0. The Bertz CT molecular complexity index is 931. The van der Waals surface area contributed by atoms with Crippen LogP contribution in [0.3, 0.4) is 0 Å². The highest BCUT2D eigenvalue weighted by Crippen LogP contribution is 2.32. The molecule has 5 nitrogen and oxygen atoms in total. The monoisotopic (exact) mass is 315 g/mol. The van der Waals surface area contributed by atoms with Gasteiger partial charge in [0.1, 0.15) is 6.07 Å². The Hall–Kier alpha value is -3.65. The molecule has 0 aliphatic rings. The summed E-state index contributed by atoms with van der Waals surface area (Å²) in [6, 6.07) is 23.8. The van der Waals surface area contributed by atoms with Gasteiger partial charge in [-0.05, 0) is 17.7 Å². The lowest BCUT2D eigenvalue weighted by Crippen LogP contribution is -1.97. The fourth-order valence-corrected chi connectivity index (χ4v) is 2.45. The Morgan fingerprint density at radius 2 is 1.62 bits per heavy atom. The highest BCUT2D eigenvalue weighted by Gasteiger charge is 2.12. The molecule has 0 fully saturated rings. The third-order valence-corrected chi connectivity index (χ3v) is 3.62. The fraction of sp³-hybridized carbons (Fsp3) is 0. The van der Waals surface area contributed by atoms with Crippen LogP contribution in [0, 0.1) is 21.4 Å². The summed E-state index contributed by atoms with van der Waals surface area (Å²) in [6.45, 7) is 0. The predicted octanol–water partition coefficient (Wildman–Crippen LogP) is 4.88. The molecule has 3 rings (SSSR count). The Labute approximate surface area is 139 Å². The van der Waals surface area contributed by atoms with Crippen molar-refractivity contribution in [1.82, 2.24) is 0 Å². The summed E-state index contributed by atoms with van der Waals surface area (Å²) in [6.07, 6.45) is 0. The van der Waals surface area contributed by atoms with Crippen LogP contribution in [-0.4, -0.2) is 4.92 Å². The van der Waals surface area contributed by atoms with Gasteiger partial charge in [-0.3, -0.25) is 10.1 Å². The number of hydrogen-bond acceptors (Lipinski definition) is 4. The number of nitriles is 1. The number of nitrogens with zero attached hydrogens (tertiary/aromatic N) is 2. The number of nitrogens with one attached hydrogen (secondary N) is 1. The van der Waals surface area contributed by atoms with E-state index >= 15 is 0 Å². The molecule has 0 heterocycles. The molecule has 0 aliphatic carbocycles. The number of rotatable bonds is 4. The molecule has 0 saturated carbocycles. The van der Waals surface area contributed by atoms with Crippen molar-refractivity contribution in [2.45, 2.75) is 0 Å². The first-order valence-corrected chi connectivity index (χ1v) is 7.29. The number of nitro benzene ring substituents is 1. The number of nitro groups is 1. The van der Waals surface area contributed by atoms with Crippen LogP contribution in [0.5, 0.6) is 0 Å². The molecule has 0 bridgehead atoms. The van der Waals surface area contributed by atoms with Gasteiger partial charge in [-0.1, -0.05) is 48.5 Å². The van der Waals surface area contributed by atoms with Crippen LogP contribution in [0.4, 0.5) is 17.1 Å². The van der Waals surface area contributed by atoms with Crippen LogP contribution >= 0.6 is 0 Å². The largest absolute Gasteiger partial charge is 0.354 e. The van der Waals surface area contributed by atoms with Gasteiger partial charge in [-0.15, -0.1) is 0 Å². The number of para-hydroxylation sites is 1. The lowest BCUT2D eigenvalue weighted by Gasteiger charge is -2.13. The normalized spacial score (nSPS) is 9.96. The summed E-state index contributed by atoms with van der Waals surface area (Å²) >= 11 is 0. The van der Waals surface area contributed by atoms with Crippen LogP contribution in [-0.2, 0) is 0 Å². The lowest BCUT2D eigenvalue weighted by molar-refractivity contribution is -0.384. The second kappa shape index (κ2) is 6.63. The fourth-order valence-electron chi connectivity index (χ4n) is 2.45. The average molecular weight is 315 g/mol.